The molecule has 3 atom stereocenters. The average Bonchev–Trinajstić information content (AvgIpc) is 3.31. The molecule has 1 aromatic carbocycles. The van der Waals surface area contributed by atoms with Crippen LogP contribution in [0.4, 0.5) is 4.79 Å². The lowest BCUT2D eigenvalue weighted by Crippen LogP contribution is -2.42. The number of ether oxygens (including phenoxy) is 2. The van der Waals surface area contributed by atoms with Crippen LogP contribution < -0.4 is 14.8 Å². The van der Waals surface area contributed by atoms with Gasteiger partial charge in [-0.1, -0.05) is 26.8 Å². The van der Waals surface area contributed by atoms with Gasteiger partial charge in [-0.15, -0.1) is 0 Å². The Kier molecular flexibility index (Phi) is 4.46. The van der Waals surface area contributed by atoms with Gasteiger partial charge in [0, 0.05) is 12.6 Å². The lowest BCUT2D eigenvalue weighted by Gasteiger charge is -2.39. The Morgan fingerprint density at radius 2 is 1.94 bits per heavy atom. The van der Waals surface area contributed by atoms with Gasteiger partial charge in [-0.2, -0.15) is 0 Å². The summed E-state index contributed by atoms with van der Waals surface area (Å²) in [5, 5.41) is 2.70. The number of carbonyl (C=O) groups excluding carboxylic acids is 3. The van der Waals surface area contributed by atoms with Crippen molar-refractivity contribution < 1.29 is 23.9 Å². The molecule has 1 saturated carbocycles. The Hall–Kier alpha value is -2.77. The predicted molar refractivity (Wildman–Crippen MR) is 111 cm³/mol. The number of hydrogen-bond donors (Lipinski definition) is 1. The summed E-state index contributed by atoms with van der Waals surface area (Å²) >= 11 is 0. The van der Waals surface area contributed by atoms with Crippen LogP contribution in [0.25, 0.3) is 0 Å². The SMILES string of the molecule is CC1(C)C[C@H]2C[C@](C)(CN2C(=O)C[C@@H]2NC(=O)N(Cc3ccc4c(c3)OCO4)C2=O)C1. The minimum absolute atomic E-state index is 0.00915. The number of nitrogens with zero attached hydrogens (tertiary/aromatic N) is 2. The lowest BCUT2D eigenvalue weighted by molar-refractivity contribution is -0.136. The summed E-state index contributed by atoms with van der Waals surface area (Å²) in [6, 6.07) is 4.29. The summed E-state index contributed by atoms with van der Waals surface area (Å²) in [4.78, 5) is 41.6. The second-order valence-electron chi connectivity index (χ2n) is 10.6. The van der Waals surface area contributed by atoms with Gasteiger partial charge < -0.3 is 19.7 Å². The molecule has 1 aliphatic carbocycles. The normalized spacial score (nSPS) is 30.7. The van der Waals surface area contributed by atoms with E-state index in [0.717, 1.165) is 31.4 Å². The van der Waals surface area contributed by atoms with Crippen LogP contribution in [-0.4, -0.2) is 53.1 Å². The summed E-state index contributed by atoms with van der Waals surface area (Å²) in [7, 11) is 0. The molecular weight excluding hydrogens is 398 g/mol. The van der Waals surface area contributed by atoms with Crippen molar-refractivity contribution in [2.75, 3.05) is 13.3 Å². The Labute approximate surface area is 181 Å². The number of rotatable bonds is 4. The standard InChI is InChI=1S/C23H29N3O5/c1-22(2)8-15-9-23(3,11-22)12-26(15)19(27)7-16-20(28)25(21(29)24-16)10-14-4-5-17-18(6-14)31-13-30-17/h4-6,15-16H,7-13H2,1-3H3,(H,24,29)/t15-,16-,23-/m0/s1. The minimum Gasteiger partial charge on any atom is -0.454 e. The molecule has 8 heteroatoms. The number of likely N-dealkylation sites (tertiary alicyclic amines) is 1. The molecule has 4 aliphatic rings. The fraction of sp³-hybridized carbons (Fsp3) is 0.609. The first kappa shape index (κ1) is 20.2. The van der Waals surface area contributed by atoms with Crippen molar-refractivity contribution in [2.24, 2.45) is 10.8 Å². The fourth-order valence-electron chi connectivity index (χ4n) is 6.13. The van der Waals surface area contributed by atoms with E-state index in [1.165, 1.54) is 4.90 Å². The second-order valence-corrected chi connectivity index (χ2v) is 10.6. The van der Waals surface area contributed by atoms with Gasteiger partial charge in [0.05, 0.1) is 13.0 Å². The smallest absolute Gasteiger partial charge is 0.325 e. The Morgan fingerprint density at radius 1 is 1.16 bits per heavy atom. The zero-order chi connectivity index (χ0) is 22.0. The Morgan fingerprint density at radius 3 is 2.74 bits per heavy atom. The molecule has 2 bridgehead atoms. The number of fused-ring (bicyclic) bond motifs is 3. The molecule has 31 heavy (non-hydrogen) atoms. The molecule has 0 unspecified atom stereocenters. The quantitative estimate of drug-likeness (QED) is 0.747. The van der Waals surface area contributed by atoms with Crippen molar-refractivity contribution in [3.63, 3.8) is 0 Å². The number of nitrogens with one attached hydrogen (secondary N) is 1. The molecule has 2 saturated heterocycles. The van der Waals surface area contributed by atoms with Crippen LogP contribution in [0.15, 0.2) is 18.2 Å². The molecule has 0 radical (unpaired) electrons. The third-order valence-corrected chi connectivity index (χ3v) is 7.00. The third kappa shape index (κ3) is 3.62. The van der Waals surface area contributed by atoms with E-state index in [1.807, 2.05) is 4.90 Å². The van der Waals surface area contributed by atoms with Crippen LogP contribution in [0.5, 0.6) is 11.5 Å². The molecule has 4 amide bonds. The van der Waals surface area contributed by atoms with E-state index in [1.54, 1.807) is 18.2 Å². The first-order valence-corrected chi connectivity index (χ1v) is 10.9. The van der Waals surface area contributed by atoms with Crippen molar-refractivity contribution in [3.05, 3.63) is 23.8 Å². The first-order valence-electron chi connectivity index (χ1n) is 10.9. The first-order chi connectivity index (χ1) is 14.6. The molecule has 3 heterocycles. The average molecular weight is 428 g/mol. The summed E-state index contributed by atoms with van der Waals surface area (Å²) < 4.78 is 10.7. The monoisotopic (exact) mass is 427 g/mol. The molecule has 8 nitrogen and oxygen atoms in total. The van der Waals surface area contributed by atoms with Gasteiger partial charge in [0.2, 0.25) is 12.7 Å². The highest BCUT2D eigenvalue weighted by Gasteiger charge is 2.51. The number of urea groups is 1. The van der Waals surface area contributed by atoms with E-state index in [4.69, 9.17) is 9.47 Å². The number of hydrogen-bond acceptors (Lipinski definition) is 5. The van der Waals surface area contributed by atoms with Gasteiger partial charge in [0.1, 0.15) is 6.04 Å². The van der Waals surface area contributed by atoms with Gasteiger partial charge in [-0.25, -0.2) is 4.79 Å². The van der Waals surface area contributed by atoms with Gasteiger partial charge in [-0.05, 0) is 47.8 Å². The van der Waals surface area contributed by atoms with Gasteiger partial charge in [-0.3, -0.25) is 14.5 Å². The van der Waals surface area contributed by atoms with Crippen LogP contribution in [0, 0.1) is 10.8 Å². The largest absolute Gasteiger partial charge is 0.454 e. The molecule has 1 aromatic rings. The van der Waals surface area contributed by atoms with Gasteiger partial charge in [0.15, 0.2) is 11.5 Å². The number of benzene rings is 1. The zero-order valence-corrected chi connectivity index (χ0v) is 18.3. The highest BCUT2D eigenvalue weighted by molar-refractivity contribution is 6.05. The van der Waals surface area contributed by atoms with Crippen LogP contribution >= 0.6 is 0 Å². The van der Waals surface area contributed by atoms with Crippen molar-refractivity contribution in [2.45, 2.75) is 65.1 Å². The van der Waals surface area contributed by atoms with E-state index in [2.05, 4.69) is 26.1 Å². The van der Waals surface area contributed by atoms with E-state index >= 15 is 0 Å². The summed E-state index contributed by atoms with van der Waals surface area (Å²) in [6.07, 6.45) is 3.11. The molecule has 1 N–H and O–H groups in total. The highest BCUT2D eigenvalue weighted by Crippen LogP contribution is 2.52. The zero-order valence-electron chi connectivity index (χ0n) is 18.3. The lowest BCUT2D eigenvalue weighted by atomic mass is 9.65. The molecule has 3 aliphatic heterocycles. The summed E-state index contributed by atoms with van der Waals surface area (Å²) in [6.45, 7) is 7.81. The van der Waals surface area contributed by atoms with E-state index < -0.39 is 12.1 Å². The van der Waals surface area contributed by atoms with Gasteiger partial charge in [0.25, 0.3) is 5.91 Å². The maximum absolute atomic E-state index is 13.1. The van der Waals surface area contributed by atoms with Crippen LogP contribution in [0.2, 0.25) is 0 Å². The van der Waals surface area contributed by atoms with E-state index in [-0.39, 0.29) is 48.4 Å². The fourth-order valence-corrected chi connectivity index (χ4v) is 6.13. The van der Waals surface area contributed by atoms with Crippen LogP contribution in [0.3, 0.4) is 0 Å². The van der Waals surface area contributed by atoms with Gasteiger partial charge >= 0.3 is 6.03 Å². The number of carbonyl (C=O) groups is 3. The Bertz CT molecular complexity index is 961. The summed E-state index contributed by atoms with van der Waals surface area (Å²) in [5.74, 6) is 0.852. The van der Waals surface area contributed by atoms with E-state index in [9.17, 15) is 14.4 Å². The van der Waals surface area contributed by atoms with Crippen molar-refractivity contribution in [1.82, 2.24) is 15.1 Å². The molecule has 3 fully saturated rings. The molecule has 166 valence electrons. The molecular formula is C23H29N3O5. The Balaban J connectivity index is 1.24. The second kappa shape index (κ2) is 6.87. The van der Waals surface area contributed by atoms with Crippen molar-refractivity contribution in [1.29, 1.82) is 0 Å². The van der Waals surface area contributed by atoms with E-state index in [0.29, 0.717) is 11.5 Å². The minimum atomic E-state index is -0.810. The van der Waals surface area contributed by atoms with Crippen molar-refractivity contribution >= 4 is 17.8 Å². The molecule has 5 rings (SSSR count). The molecule has 0 aromatic heterocycles. The highest BCUT2D eigenvalue weighted by atomic mass is 16.7. The van der Waals surface area contributed by atoms with Crippen LogP contribution in [0.1, 0.15) is 52.0 Å². The predicted octanol–water partition coefficient (Wildman–Crippen LogP) is 2.65. The number of amides is 4. The number of imide groups is 1. The maximum atomic E-state index is 13.1. The topological polar surface area (TPSA) is 88.2 Å². The van der Waals surface area contributed by atoms with Crippen molar-refractivity contribution in [3.8, 4) is 11.5 Å². The van der Waals surface area contributed by atoms with Crippen LogP contribution in [-0.2, 0) is 16.1 Å². The maximum Gasteiger partial charge on any atom is 0.325 e. The third-order valence-electron chi connectivity index (χ3n) is 7.00. The molecule has 0 spiro atoms. The summed E-state index contributed by atoms with van der Waals surface area (Å²) in [5.41, 5.74) is 1.12.